The van der Waals surface area contributed by atoms with Crippen molar-refractivity contribution in [3.63, 3.8) is 0 Å². The van der Waals surface area contributed by atoms with Gasteiger partial charge in [0.15, 0.2) is 17.5 Å². The van der Waals surface area contributed by atoms with E-state index in [1.165, 1.54) is 12.8 Å². The van der Waals surface area contributed by atoms with Crippen LogP contribution in [-0.2, 0) is 6.54 Å². The second-order valence-electron chi connectivity index (χ2n) is 5.58. The van der Waals surface area contributed by atoms with Gasteiger partial charge in [0, 0.05) is 20.1 Å². The minimum Gasteiger partial charge on any atom is -0.493 e. The molecule has 2 N–H and O–H groups in total. The maximum atomic E-state index is 5.67. The summed E-state index contributed by atoms with van der Waals surface area (Å²) in [6.07, 6.45) is 3.65. The number of ether oxygens (including phenoxy) is 2. The van der Waals surface area contributed by atoms with Crippen molar-refractivity contribution in [3.8, 4) is 11.5 Å². The summed E-state index contributed by atoms with van der Waals surface area (Å²) in [4.78, 5) is 4.24. The van der Waals surface area contributed by atoms with Gasteiger partial charge < -0.3 is 20.1 Å². The van der Waals surface area contributed by atoms with E-state index in [-0.39, 0.29) is 0 Å². The zero-order valence-electron chi connectivity index (χ0n) is 13.8. The molecule has 1 aliphatic rings. The number of guanidine groups is 1. The quantitative estimate of drug-likeness (QED) is 0.572. The van der Waals surface area contributed by atoms with Gasteiger partial charge in [-0.25, -0.2) is 0 Å². The highest BCUT2D eigenvalue weighted by Crippen LogP contribution is 2.28. The summed E-state index contributed by atoms with van der Waals surface area (Å²) in [7, 11) is 3.46. The fourth-order valence-corrected chi connectivity index (χ4v) is 2.12. The molecular weight excluding hydrogens is 278 g/mol. The molecule has 0 unspecified atom stereocenters. The first-order chi connectivity index (χ1) is 10.8. The van der Waals surface area contributed by atoms with Crippen LogP contribution in [0.3, 0.4) is 0 Å². The number of benzene rings is 1. The highest BCUT2D eigenvalue weighted by atomic mass is 16.5. The fourth-order valence-electron chi connectivity index (χ4n) is 2.12. The second-order valence-corrected chi connectivity index (χ2v) is 5.58. The Hall–Kier alpha value is -1.91. The van der Waals surface area contributed by atoms with Crippen molar-refractivity contribution in [2.24, 2.45) is 10.9 Å². The first-order valence-corrected chi connectivity index (χ1v) is 8.01. The largest absolute Gasteiger partial charge is 0.493 e. The number of rotatable bonds is 8. The van der Waals surface area contributed by atoms with E-state index in [0.717, 1.165) is 41.9 Å². The van der Waals surface area contributed by atoms with Crippen molar-refractivity contribution in [2.45, 2.75) is 32.7 Å². The molecule has 1 saturated carbocycles. The molecule has 5 nitrogen and oxygen atoms in total. The van der Waals surface area contributed by atoms with E-state index < -0.39 is 0 Å². The molecule has 0 atom stereocenters. The van der Waals surface area contributed by atoms with Gasteiger partial charge in [-0.3, -0.25) is 4.99 Å². The van der Waals surface area contributed by atoms with Crippen LogP contribution in [0.15, 0.2) is 23.2 Å². The van der Waals surface area contributed by atoms with Crippen LogP contribution in [0.2, 0.25) is 0 Å². The van der Waals surface area contributed by atoms with Crippen molar-refractivity contribution in [2.75, 3.05) is 27.3 Å². The van der Waals surface area contributed by atoms with Crippen LogP contribution in [0.4, 0.5) is 0 Å². The highest BCUT2D eigenvalue weighted by molar-refractivity contribution is 5.79. The third-order valence-corrected chi connectivity index (χ3v) is 3.63. The maximum absolute atomic E-state index is 5.67. The van der Waals surface area contributed by atoms with E-state index in [1.54, 1.807) is 14.2 Å². The van der Waals surface area contributed by atoms with Crippen LogP contribution in [0.5, 0.6) is 11.5 Å². The molecule has 1 aliphatic carbocycles. The topological polar surface area (TPSA) is 54.9 Å². The molecule has 1 aromatic carbocycles. The molecule has 5 heteroatoms. The summed E-state index contributed by atoms with van der Waals surface area (Å²) in [6.45, 7) is 4.50. The molecule has 2 rings (SSSR count). The lowest BCUT2D eigenvalue weighted by molar-refractivity contribution is 0.294. The van der Waals surface area contributed by atoms with E-state index in [0.29, 0.717) is 13.2 Å². The first-order valence-electron chi connectivity index (χ1n) is 8.01. The van der Waals surface area contributed by atoms with E-state index >= 15 is 0 Å². The van der Waals surface area contributed by atoms with Crippen LogP contribution in [0.25, 0.3) is 0 Å². The van der Waals surface area contributed by atoms with Crippen LogP contribution >= 0.6 is 0 Å². The molecule has 0 heterocycles. The Morgan fingerprint density at radius 2 is 2.09 bits per heavy atom. The molecule has 0 aliphatic heterocycles. The molecule has 0 saturated heterocycles. The average molecular weight is 305 g/mol. The molecule has 122 valence electrons. The van der Waals surface area contributed by atoms with Gasteiger partial charge in [0.1, 0.15) is 0 Å². The van der Waals surface area contributed by atoms with Crippen molar-refractivity contribution in [1.82, 2.24) is 10.6 Å². The smallest absolute Gasteiger partial charge is 0.191 e. The number of aliphatic imine (C=N–C) groups is 1. The van der Waals surface area contributed by atoms with E-state index in [2.05, 4.69) is 28.6 Å². The Labute approximate surface area is 133 Å². The summed E-state index contributed by atoms with van der Waals surface area (Å²) in [5, 5.41) is 6.68. The molecule has 0 bridgehead atoms. The SMILES string of the molecule is CCCOc1ccc(CNC(=NC)NCC2CC2)cc1OC. The highest BCUT2D eigenvalue weighted by Gasteiger charge is 2.21. The van der Waals surface area contributed by atoms with Crippen molar-refractivity contribution < 1.29 is 9.47 Å². The summed E-state index contributed by atoms with van der Waals surface area (Å²) in [5.41, 5.74) is 1.13. The molecule has 0 spiro atoms. The van der Waals surface area contributed by atoms with Crippen LogP contribution in [0, 0.1) is 5.92 Å². The molecule has 0 amide bonds. The number of hydrogen-bond donors (Lipinski definition) is 2. The summed E-state index contributed by atoms with van der Waals surface area (Å²) in [6, 6.07) is 6.02. The van der Waals surface area contributed by atoms with Crippen molar-refractivity contribution in [1.29, 1.82) is 0 Å². The van der Waals surface area contributed by atoms with Crippen LogP contribution < -0.4 is 20.1 Å². The van der Waals surface area contributed by atoms with E-state index in [9.17, 15) is 0 Å². The minimum absolute atomic E-state index is 0.700. The predicted octanol–water partition coefficient (Wildman–Crippen LogP) is 2.56. The van der Waals surface area contributed by atoms with E-state index in [4.69, 9.17) is 9.47 Å². The fraction of sp³-hybridized carbons (Fsp3) is 0.588. The lowest BCUT2D eigenvalue weighted by atomic mass is 10.2. The Bertz CT molecular complexity index is 499. The van der Waals surface area contributed by atoms with E-state index in [1.807, 2.05) is 12.1 Å². The molecule has 0 radical (unpaired) electrons. The summed E-state index contributed by atoms with van der Waals surface area (Å²) in [5.74, 6) is 3.24. The Balaban J connectivity index is 1.87. The first kappa shape index (κ1) is 16.5. The zero-order valence-corrected chi connectivity index (χ0v) is 13.8. The Morgan fingerprint density at radius 1 is 1.27 bits per heavy atom. The normalized spacial score (nSPS) is 14.6. The Kier molecular flexibility index (Phi) is 6.37. The van der Waals surface area contributed by atoms with Crippen molar-refractivity contribution >= 4 is 5.96 Å². The van der Waals surface area contributed by atoms with Gasteiger partial charge in [-0.05, 0) is 42.9 Å². The molecule has 1 aromatic rings. The molecular formula is C17H27N3O2. The van der Waals surface area contributed by atoms with Crippen molar-refractivity contribution in [3.05, 3.63) is 23.8 Å². The van der Waals surface area contributed by atoms with Gasteiger partial charge in [-0.15, -0.1) is 0 Å². The van der Waals surface area contributed by atoms with Gasteiger partial charge in [0.05, 0.1) is 13.7 Å². The second kappa shape index (κ2) is 8.51. The van der Waals surface area contributed by atoms with Crippen LogP contribution in [-0.4, -0.2) is 33.3 Å². The van der Waals surface area contributed by atoms with Gasteiger partial charge >= 0.3 is 0 Å². The molecule has 1 fully saturated rings. The lowest BCUT2D eigenvalue weighted by Gasteiger charge is -2.14. The lowest BCUT2D eigenvalue weighted by Crippen LogP contribution is -2.37. The number of methoxy groups -OCH3 is 1. The predicted molar refractivity (Wildman–Crippen MR) is 89.7 cm³/mol. The summed E-state index contributed by atoms with van der Waals surface area (Å²) < 4.78 is 11.1. The van der Waals surface area contributed by atoms with Gasteiger partial charge in [0.25, 0.3) is 0 Å². The molecule has 0 aromatic heterocycles. The zero-order chi connectivity index (χ0) is 15.8. The number of nitrogens with zero attached hydrogens (tertiary/aromatic N) is 1. The Morgan fingerprint density at radius 3 is 2.73 bits per heavy atom. The monoisotopic (exact) mass is 305 g/mol. The minimum atomic E-state index is 0.700. The number of hydrogen-bond acceptors (Lipinski definition) is 3. The number of nitrogens with one attached hydrogen (secondary N) is 2. The van der Waals surface area contributed by atoms with Crippen LogP contribution in [0.1, 0.15) is 31.7 Å². The summed E-state index contributed by atoms with van der Waals surface area (Å²) >= 11 is 0. The third-order valence-electron chi connectivity index (χ3n) is 3.63. The van der Waals surface area contributed by atoms with Gasteiger partial charge in [0.2, 0.25) is 0 Å². The maximum Gasteiger partial charge on any atom is 0.191 e. The molecule has 22 heavy (non-hydrogen) atoms. The third kappa shape index (κ3) is 5.13. The van der Waals surface area contributed by atoms with Gasteiger partial charge in [-0.1, -0.05) is 13.0 Å². The standard InChI is InChI=1S/C17H27N3O2/c1-4-9-22-15-8-7-14(10-16(15)21-3)12-20-17(18-2)19-11-13-5-6-13/h7-8,10,13H,4-6,9,11-12H2,1-3H3,(H2,18,19,20). The average Bonchev–Trinajstić information content (AvgIpc) is 3.37. The van der Waals surface area contributed by atoms with Gasteiger partial charge in [-0.2, -0.15) is 0 Å².